The van der Waals surface area contributed by atoms with Crippen LogP contribution >= 0.6 is 11.3 Å². The number of likely N-dealkylation sites (N-methyl/N-ethyl adjacent to an activating group) is 1. The molecule has 0 amide bonds. The van der Waals surface area contributed by atoms with Gasteiger partial charge in [0.2, 0.25) is 0 Å². The number of carbonyl (C=O) groups is 1. The van der Waals surface area contributed by atoms with E-state index in [1.807, 2.05) is 17.5 Å². The summed E-state index contributed by atoms with van der Waals surface area (Å²) >= 11 is 1.46. The average molecular weight is 366 g/mol. The molecule has 1 aliphatic heterocycles. The lowest BCUT2D eigenvalue weighted by Crippen LogP contribution is -2.44. The highest BCUT2D eigenvalue weighted by atomic mass is 32.1. The number of fused-ring (bicyclic) bond motifs is 1. The summed E-state index contributed by atoms with van der Waals surface area (Å²) in [6.45, 7) is 4.20. The number of hydrogen-bond acceptors (Lipinski definition) is 6. The maximum Gasteiger partial charge on any atom is 0.168 e. The zero-order chi connectivity index (χ0) is 18.1. The predicted molar refractivity (Wildman–Crippen MR) is 108 cm³/mol. The molecule has 0 unspecified atom stereocenters. The second kappa shape index (κ2) is 7.05. The number of piperazine rings is 1. The number of Topliss-reactive ketones (excluding diaryl/α,β-unsaturated/α-hetero) is 1. The number of nitrogens with two attached hydrogens (primary N) is 1. The zero-order valence-corrected chi connectivity index (χ0v) is 15.6. The first-order valence-electron chi connectivity index (χ1n) is 8.78. The van der Waals surface area contributed by atoms with E-state index in [1.165, 1.54) is 17.0 Å². The number of benzene rings is 1. The minimum Gasteiger partial charge on any atom is -0.390 e. The molecule has 26 heavy (non-hydrogen) atoms. The van der Waals surface area contributed by atoms with E-state index in [1.54, 1.807) is 6.20 Å². The average Bonchev–Trinajstić information content (AvgIpc) is 3.06. The van der Waals surface area contributed by atoms with Gasteiger partial charge in [-0.3, -0.25) is 9.78 Å². The Balaban J connectivity index is 1.55. The number of thiophene rings is 1. The number of anilines is 2. The number of rotatable bonds is 4. The van der Waals surface area contributed by atoms with E-state index in [2.05, 4.69) is 40.0 Å². The van der Waals surface area contributed by atoms with Crippen molar-refractivity contribution in [2.45, 2.75) is 6.42 Å². The molecule has 0 saturated carbocycles. The molecule has 3 heterocycles. The Kier molecular flexibility index (Phi) is 4.61. The van der Waals surface area contributed by atoms with Crippen LogP contribution in [0.15, 0.2) is 41.9 Å². The minimum atomic E-state index is 0.0487. The summed E-state index contributed by atoms with van der Waals surface area (Å²) < 4.78 is 0. The number of pyridine rings is 1. The van der Waals surface area contributed by atoms with Gasteiger partial charge >= 0.3 is 0 Å². The number of hydrogen-bond donors (Lipinski definition) is 1. The topological polar surface area (TPSA) is 62.5 Å². The molecule has 5 nitrogen and oxygen atoms in total. The van der Waals surface area contributed by atoms with Gasteiger partial charge in [-0.25, -0.2) is 0 Å². The van der Waals surface area contributed by atoms with Crippen molar-refractivity contribution in [2.75, 3.05) is 43.9 Å². The Morgan fingerprint density at radius 1 is 1.19 bits per heavy atom. The summed E-state index contributed by atoms with van der Waals surface area (Å²) in [6.07, 6.45) is 2.00. The van der Waals surface area contributed by atoms with Gasteiger partial charge in [0.1, 0.15) is 0 Å². The summed E-state index contributed by atoms with van der Waals surface area (Å²) in [5.74, 6) is 0.0487. The molecular weight excluding hydrogens is 344 g/mol. The molecule has 0 atom stereocenters. The van der Waals surface area contributed by atoms with Crippen molar-refractivity contribution in [1.29, 1.82) is 0 Å². The molecule has 1 aliphatic rings. The first-order valence-corrected chi connectivity index (χ1v) is 9.66. The van der Waals surface area contributed by atoms with Crippen molar-refractivity contribution >= 4 is 38.7 Å². The fourth-order valence-corrected chi connectivity index (χ4v) is 3.96. The molecule has 2 aromatic heterocycles. The fraction of sp³-hybridized carbons (Fsp3) is 0.300. The normalized spacial score (nSPS) is 15.5. The SMILES string of the molecule is CN1CCN(c2ccc3cc(C(=O)Cc4ccsc4N)cnc3c2)CC1. The second-order valence-electron chi connectivity index (χ2n) is 6.80. The number of ketones is 1. The highest BCUT2D eigenvalue weighted by Gasteiger charge is 2.15. The lowest BCUT2D eigenvalue weighted by molar-refractivity contribution is 0.0993. The van der Waals surface area contributed by atoms with Crippen molar-refractivity contribution < 1.29 is 4.79 Å². The molecule has 4 rings (SSSR count). The predicted octanol–water partition coefficient (Wildman–Crippen LogP) is 3.06. The van der Waals surface area contributed by atoms with E-state index in [9.17, 15) is 4.79 Å². The highest BCUT2D eigenvalue weighted by molar-refractivity contribution is 7.14. The smallest absolute Gasteiger partial charge is 0.168 e. The third kappa shape index (κ3) is 3.43. The Labute approximate surface area is 157 Å². The van der Waals surface area contributed by atoms with Crippen LogP contribution in [0.4, 0.5) is 10.7 Å². The molecule has 6 heteroatoms. The molecule has 134 valence electrons. The molecule has 0 bridgehead atoms. The van der Waals surface area contributed by atoms with E-state index in [0.29, 0.717) is 17.0 Å². The molecule has 1 fully saturated rings. The van der Waals surface area contributed by atoms with Crippen LogP contribution in [-0.2, 0) is 6.42 Å². The van der Waals surface area contributed by atoms with Crippen molar-refractivity contribution in [1.82, 2.24) is 9.88 Å². The summed E-state index contributed by atoms with van der Waals surface area (Å²) in [4.78, 5) is 21.8. The molecular formula is C20H22N4OS. The standard InChI is InChI=1S/C20H22N4OS/c1-23-5-7-24(8-6-23)17-3-2-14-10-16(13-22-18(14)12-17)19(25)11-15-4-9-26-20(15)21/h2-4,9-10,12-13H,5-8,11,21H2,1H3. The largest absolute Gasteiger partial charge is 0.390 e. The molecule has 3 aromatic rings. The molecule has 0 radical (unpaired) electrons. The van der Waals surface area contributed by atoms with Crippen LogP contribution in [0.2, 0.25) is 0 Å². The van der Waals surface area contributed by atoms with E-state index in [-0.39, 0.29) is 5.78 Å². The van der Waals surface area contributed by atoms with Gasteiger partial charge in [0.05, 0.1) is 10.5 Å². The lowest BCUT2D eigenvalue weighted by Gasteiger charge is -2.34. The third-order valence-electron chi connectivity index (χ3n) is 4.99. The maximum absolute atomic E-state index is 12.5. The number of aromatic nitrogens is 1. The van der Waals surface area contributed by atoms with E-state index in [0.717, 1.165) is 42.6 Å². The van der Waals surface area contributed by atoms with Crippen molar-refractivity contribution in [3.8, 4) is 0 Å². The van der Waals surface area contributed by atoms with Gasteiger partial charge in [0, 0.05) is 55.4 Å². The first kappa shape index (κ1) is 17.0. The van der Waals surface area contributed by atoms with Crippen LogP contribution < -0.4 is 10.6 Å². The number of nitrogens with zero attached hydrogens (tertiary/aromatic N) is 3. The van der Waals surface area contributed by atoms with Gasteiger partial charge in [-0.05, 0) is 42.3 Å². The summed E-state index contributed by atoms with van der Waals surface area (Å²) in [7, 11) is 2.15. The van der Waals surface area contributed by atoms with E-state index < -0.39 is 0 Å². The molecule has 0 spiro atoms. The summed E-state index contributed by atoms with van der Waals surface area (Å²) in [6, 6.07) is 10.1. The lowest BCUT2D eigenvalue weighted by atomic mass is 10.0. The Morgan fingerprint density at radius 3 is 2.73 bits per heavy atom. The van der Waals surface area contributed by atoms with Crippen LogP contribution in [0.25, 0.3) is 10.9 Å². The Morgan fingerprint density at radius 2 is 2.00 bits per heavy atom. The monoisotopic (exact) mass is 366 g/mol. The first-order chi connectivity index (χ1) is 12.6. The fourth-order valence-electron chi connectivity index (χ4n) is 3.29. The van der Waals surface area contributed by atoms with Gasteiger partial charge in [-0.1, -0.05) is 6.07 Å². The van der Waals surface area contributed by atoms with Crippen molar-refractivity contribution in [3.63, 3.8) is 0 Å². The number of nitrogen functional groups attached to an aromatic ring is 1. The van der Waals surface area contributed by atoms with Crippen LogP contribution in [0, 0.1) is 0 Å². The van der Waals surface area contributed by atoms with Crippen LogP contribution in [0.5, 0.6) is 0 Å². The van der Waals surface area contributed by atoms with Gasteiger partial charge in [-0.2, -0.15) is 0 Å². The van der Waals surface area contributed by atoms with Crippen LogP contribution in [0.3, 0.4) is 0 Å². The van der Waals surface area contributed by atoms with Gasteiger partial charge in [-0.15, -0.1) is 11.3 Å². The van der Waals surface area contributed by atoms with Gasteiger partial charge in [0.25, 0.3) is 0 Å². The summed E-state index contributed by atoms with van der Waals surface area (Å²) in [5.41, 5.74) is 9.55. The highest BCUT2D eigenvalue weighted by Crippen LogP contribution is 2.24. The summed E-state index contributed by atoms with van der Waals surface area (Å²) in [5, 5.41) is 3.62. The van der Waals surface area contributed by atoms with E-state index in [4.69, 9.17) is 5.73 Å². The molecule has 1 aromatic carbocycles. The van der Waals surface area contributed by atoms with Gasteiger partial charge < -0.3 is 15.5 Å². The maximum atomic E-state index is 12.5. The van der Waals surface area contributed by atoms with E-state index >= 15 is 0 Å². The Bertz CT molecular complexity index is 944. The van der Waals surface area contributed by atoms with Crippen LogP contribution in [-0.4, -0.2) is 48.9 Å². The molecule has 1 saturated heterocycles. The number of carbonyl (C=O) groups excluding carboxylic acids is 1. The molecule has 0 aliphatic carbocycles. The second-order valence-corrected chi connectivity index (χ2v) is 7.75. The van der Waals surface area contributed by atoms with Crippen LogP contribution in [0.1, 0.15) is 15.9 Å². The van der Waals surface area contributed by atoms with Gasteiger partial charge in [0.15, 0.2) is 5.78 Å². The third-order valence-corrected chi connectivity index (χ3v) is 5.78. The Hall–Kier alpha value is -2.44. The molecule has 2 N–H and O–H groups in total. The zero-order valence-electron chi connectivity index (χ0n) is 14.8. The van der Waals surface area contributed by atoms with Crippen molar-refractivity contribution in [3.05, 3.63) is 53.0 Å². The quantitative estimate of drug-likeness (QED) is 0.719. The minimum absolute atomic E-state index is 0.0487. The van der Waals surface area contributed by atoms with Crippen molar-refractivity contribution in [2.24, 2.45) is 0 Å².